The lowest BCUT2D eigenvalue weighted by Crippen LogP contribution is -2.06. The lowest BCUT2D eigenvalue weighted by atomic mass is 10.1. The molecule has 0 fully saturated rings. The Hall–Kier alpha value is -2.57. The van der Waals surface area contributed by atoms with Gasteiger partial charge in [-0.3, -0.25) is 14.4 Å². The van der Waals surface area contributed by atoms with E-state index >= 15 is 0 Å². The van der Waals surface area contributed by atoms with E-state index in [1.165, 1.54) is 0 Å². The zero-order valence-electron chi connectivity index (χ0n) is 12.4. The van der Waals surface area contributed by atoms with Gasteiger partial charge < -0.3 is 5.73 Å². The van der Waals surface area contributed by atoms with E-state index < -0.39 is 0 Å². The van der Waals surface area contributed by atoms with Crippen molar-refractivity contribution in [2.24, 2.45) is 5.73 Å². The van der Waals surface area contributed by atoms with Crippen molar-refractivity contribution in [2.75, 3.05) is 6.54 Å². The second-order valence-electron chi connectivity index (χ2n) is 5.16. The summed E-state index contributed by atoms with van der Waals surface area (Å²) >= 11 is 1.63. The summed E-state index contributed by atoms with van der Waals surface area (Å²) in [5.41, 5.74) is 11.2. The van der Waals surface area contributed by atoms with Gasteiger partial charge in [-0.05, 0) is 30.8 Å². The van der Waals surface area contributed by atoms with Gasteiger partial charge in [0.05, 0.1) is 17.1 Å². The summed E-state index contributed by atoms with van der Waals surface area (Å²) < 4.78 is 2.20. The lowest BCUT2D eigenvalue weighted by molar-refractivity contribution is 0.913. The summed E-state index contributed by atoms with van der Waals surface area (Å²) in [6, 6.07) is 7.99. The van der Waals surface area contributed by atoms with Crippen molar-refractivity contribution in [1.82, 2.24) is 19.4 Å². The largest absolute Gasteiger partial charge is 0.330 e. The maximum atomic E-state index is 5.85. The van der Waals surface area contributed by atoms with E-state index in [0.717, 1.165) is 39.6 Å². The summed E-state index contributed by atoms with van der Waals surface area (Å²) in [6.07, 6.45) is 7.99. The maximum absolute atomic E-state index is 5.85. The van der Waals surface area contributed by atoms with Crippen molar-refractivity contribution < 1.29 is 0 Å². The SMILES string of the molecule is NCCc1c(-c2cccnc2)nc2scc(-c3ccncc3)n12. The highest BCUT2D eigenvalue weighted by Gasteiger charge is 2.18. The standard InChI is InChI=1S/C17H15N5S/c18-6-3-14-16(13-2-1-7-20-10-13)21-17-22(14)15(11-23-17)12-4-8-19-9-5-12/h1-2,4-5,7-11H,3,6,18H2. The molecule has 0 atom stereocenters. The summed E-state index contributed by atoms with van der Waals surface area (Å²) in [7, 11) is 0. The normalized spacial score (nSPS) is 11.2. The Bertz CT molecular complexity index is 928. The van der Waals surface area contributed by atoms with E-state index in [0.29, 0.717) is 6.54 Å². The number of aromatic nitrogens is 4. The van der Waals surface area contributed by atoms with E-state index in [1.54, 1.807) is 29.9 Å². The molecule has 23 heavy (non-hydrogen) atoms. The van der Waals surface area contributed by atoms with Crippen molar-refractivity contribution in [3.8, 4) is 22.5 Å². The van der Waals surface area contributed by atoms with E-state index in [2.05, 4.69) is 19.7 Å². The van der Waals surface area contributed by atoms with Crippen molar-refractivity contribution in [1.29, 1.82) is 0 Å². The van der Waals surface area contributed by atoms with E-state index in [1.807, 2.05) is 30.5 Å². The Morgan fingerprint density at radius 1 is 1.04 bits per heavy atom. The van der Waals surface area contributed by atoms with Crippen LogP contribution in [0.5, 0.6) is 0 Å². The van der Waals surface area contributed by atoms with Crippen LogP contribution < -0.4 is 5.73 Å². The van der Waals surface area contributed by atoms with Gasteiger partial charge in [0.2, 0.25) is 0 Å². The zero-order chi connectivity index (χ0) is 15.6. The summed E-state index contributed by atoms with van der Waals surface area (Å²) in [5.74, 6) is 0. The zero-order valence-corrected chi connectivity index (χ0v) is 13.2. The molecular weight excluding hydrogens is 306 g/mol. The van der Waals surface area contributed by atoms with Gasteiger partial charge in [-0.1, -0.05) is 0 Å². The molecule has 0 aromatic carbocycles. The number of hydrogen-bond acceptors (Lipinski definition) is 5. The lowest BCUT2D eigenvalue weighted by Gasteiger charge is -2.06. The Morgan fingerprint density at radius 3 is 2.65 bits per heavy atom. The second-order valence-corrected chi connectivity index (χ2v) is 6.00. The van der Waals surface area contributed by atoms with Crippen LogP contribution in [0.25, 0.3) is 27.5 Å². The molecule has 0 aliphatic rings. The van der Waals surface area contributed by atoms with Crippen LogP contribution in [-0.4, -0.2) is 25.9 Å². The summed E-state index contributed by atoms with van der Waals surface area (Å²) in [4.78, 5) is 14.1. The van der Waals surface area contributed by atoms with Gasteiger partial charge in [-0.25, -0.2) is 4.98 Å². The molecule has 0 aliphatic heterocycles. The molecule has 0 saturated heterocycles. The molecule has 4 rings (SSSR count). The van der Waals surface area contributed by atoms with E-state index in [9.17, 15) is 0 Å². The van der Waals surface area contributed by atoms with Crippen LogP contribution in [0.15, 0.2) is 54.4 Å². The number of rotatable bonds is 4. The molecule has 4 aromatic rings. The fraction of sp³-hybridized carbons (Fsp3) is 0.118. The van der Waals surface area contributed by atoms with E-state index in [4.69, 9.17) is 10.7 Å². The Kier molecular flexibility index (Phi) is 3.61. The number of thiazole rings is 1. The number of hydrogen-bond donors (Lipinski definition) is 1. The van der Waals surface area contributed by atoms with Crippen LogP contribution in [0.3, 0.4) is 0 Å². The molecule has 0 spiro atoms. The van der Waals surface area contributed by atoms with Crippen LogP contribution in [0.1, 0.15) is 5.69 Å². The number of nitrogens with two attached hydrogens (primary N) is 1. The Morgan fingerprint density at radius 2 is 1.91 bits per heavy atom. The molecule has 0 radical (unpaired) electrons. The van der Waals surface area contributed by atoms with Crippen molar-refractivity contribution in [2.45, 2.75) is 6.42 Å². The summed E-state index contributed by atoms with van der Waals surface area (Å²) in [5, 5.41) is 2.13. The molecule has 114 valence electrons. The molecular formula is C17H15N5S. The maximum Gasteiger partial charge on any atom is 0.194 e. The summed E-state index contributed by atoms with van der Waals surface area (Å²) in [6.45, 7) is 0.576. The third-order valence-corrected chi connectivity index (χ3v) is 4.58. The molecule has 0 aliphatic carbocycles. The minimum atomic E-state index is 0.576. The minimum Gasteiger partial charge on any atom is -0.330 e. The van der Waals surface area contributed by atoms with Crippen LogP contribution in [0, 0.1) is 0 Å². The van der Waals surface area contributed by atoms with Gasteiger partial charge in [0.1, 0.15) is 0 Å². The van der Waals surface area contributed by atoms with Crippen LogP contribution in [0.4, 0.5) is 0 Å². The Labute approximate surface area is 137 Å². The highest BCUT2D eigenvalue weighted by atomic mass is 32.1. The number of nitrogens with zero attached hydrogens (tertiary/aromatic N) is 4. The first-order valence-electron chi connectivity index (χ1n) is 7.38. The smallest absolute Gasteiger partial charge is 0.194 e. The highest BCUT2D eigenvalue weighted by Crippen LogP contribution is 2.32. The quantitative estimate of drug-likeness (QED) is 0.627. The molecule has 5 nitrogen and oxygen atoms in total. The van der Waals surface area contributed by atoms with Crippen LogP contribution in [-0.2, 0) is 6.42 Å². The van der Waals surface area contributed by atoms with Crippen molar-refractivity contribution in [3.63, 3.8) is 0 Å². The molecule has 4 aromatic heterocycles. The number of imidazole rings is 1. The second kappa shape index (κ2) is 5.91. The van der Waals surface area contributed by atoms with Gasteiger partial charge in [-0.15, -0.1) is 11.3 Å². The van der Waals surface area contributed by atoms with Crippen molar-refractivity contribution >= 4 is 16.3 Å². The molecule has 4 heterocycles. The monoisotopic (exact) mass is 321 g/mol. The average molecular weight is 321 g/mol. The average Bonchev–Trinajstić information content (AvgIpc) is 3.17. The van der Waals surface area contributed by atoms with Gasteiger partial charge in [0.25, 0.3) is 0 Å². The number of pyridine rings is 2. The molecule has 6 heteroatoms. The topological polar surface area (TPSA) is 69.1 Å². The van der Waals surface area contributed by atoms with Crippen molar-refractivity contribution in [3.05, 3.63) is 60.1 Å². The first kappa shape index (κ1) is 14.0. The fourth-order valence-electron chi connectivity index (χ4n) is 2.74. The third-order valence-electron chi connectivity index (χ3n) is 3.75. The van der Waals surface area contributed by atoms with Gasteiger partial charge in [0.15, 0.2) is 4.96 Å². The molecule has 2 N–H and O–H groups in total. The molecule has 0 amide bonds. The molecule has 0 saturated carbocycles. The third kappa shape index (κ3) is 2.42. The van der Waals surface area contributed by atoms with Gasteiger partial charge in [0, 0.05) is 47.7 Å². The first-order valence-corrected chi connectivity index (χ1v) is 8.26. The fourth-order valence-corrected chi connectivity index (χ4v) is 3.66. The molecule has 0 unspecified atom stereocenters. The van der Waals surface area contributed by atoms with Gasteiger partial charge >= 0.3 is 0 Å². The minimum absolute atomic E-state index is 0.576. The molecule has 0 bridgehead atoms. The predicted molar refractivity (Wildman–Crippen MR) is 92.3 cm³/mol. The first-order chi connectivity index (χ1) is 11.4. The highest BCUT2D eigenvalue weighted by molar-refractivity contribution is 7.15. The Balaban J connectivity index is 1.97. The number of fused-ring (bicyclic) bond motifs is 1. The van der Waals surface area contributed by atoms with Crippen LogP contribution >= 0.6 is 11.3 Å². The van der Waals surface area contributed by atoms with Gasteiger partial charge in [-0.2, -0.15) is 0 Å². The van der Waals surface area contributed by atoms with E-state index in [-0.39, 0.29) is 0 Å². The predicted octanol–water partition coefficient (Wildman–Crippen LogP) is 3.02. The van der Waals surface area contributed by atoms with Crippen LogP contribution in [0.2, 0.25) is 0 Å².